The summed E-state index contributed by atoms with van der Waals surface area (Å²) < 4.78 is 4.70. The maximum absolute atomic E-state index is 13.4. The van der Waals surface area contributed by atoms with Crippen LogP contribution in [0.2, 0.25) is 0 Å². The summed E-state index contributed by atoms with van der Waals surface area (Å²) in [5.74, 6) is 1.43. The van der Waals surface area contributed by atoms with Gasteiger partial charge in [0, 0.05) is 11.1 Å². The van der Waals surface area contributed by atoms with Gasteiger partial charge in [0.2, 0.25) is 11.8 Å². The first kappa shape index (κ1) is 20.9. The minimum absolute atomic E-state index is 0.0304. The van der Waals surface area contributed by atoms with E-state index in [1.165, 1.54) is 26.4 Å². The van der Waals surface area contributed by atoms with Crippen LogP contribution in [0.1, 0.15) is 62.7 Å². The third kappa shape index (κ3) is 3.96. The van der Waals surface area contributed by atoms with Gasteiger partial charge in [-0.1, -0.05) is 13.8 Å². The zero-order chi connectivity index (χ0) is 21.5. The van der Waals surface area contributed by atoms with Crippen LogP contribution < -0.4 is 10.6 Å². The predicted molar refractivity (Wildman–Crippen MR) is 114 cm³/mol. The molecule has 2 amide bonds. The molecule has 6 heteroatoms. The Hall–Kier alpha value is -2.37. The van der Waals surface area contributed by atoms with Crippen molar-refractivity contribution in [2.75, 3.05) is 12.4 Å². The molecule has 4 aliphatic rings. The van der Waals surface area contributed by atoms with E-state index in [1.807, 2.05) is 13.8 Å². The van der Waals surface area contributed by atoms with Crippen molar-refractivity contribution >= 4 is 23.5 Å². The van der Waals surface area contributed by atoms with Crippen molar-refractivity contribution in [3.8, 4) is 0 Å². The molecular weight excluding hydrogens is 380 g/mol. The largest absolute Gasteiger partial charge is 0.465 e. The minimum atomic E-state index is -0.592. The van der Waals surface area contributed by atoms with E-state index < -0.39 is 12.0 Å². The number of nitrogens with one attached hydrogen (secondary N) is 2. The van der Waals surface area contributed by atoms with Gasteiger partial charge in [0.15, 0.2) is 0 Å². The Balaban J connectivity index is 1.43. The zero-order valence-electron chi connectivity index (χ0n) is 18.1. The summed E-state index contributed by atoms with van der Waals surface area (Å²) in [4.78, 5) is 37.9. The Morgan fingerprint density at radius 1 is 0.967 bits per heavy atom. The van der Waals surface area contributed by atoms with E-state index in [2.05, 4.69) is 10.6 Å². The van der Waals surface area contributed by atoms with Gasteiger partial charge in [-0.15, -0.1) is 0 Å². The fourth-order valence-corrected chi connectivity index (χ4v) is 6.25. The third-order valence-electron chi connectivity index (χ3n) is 7.33. The second-order valence-corrected chi connectivity index (χ2v) is 9.95. The molecule has 1 aromatic carbocycles. The van der Waals surface area contributed by atoms with E-state index in [0.29, 0.717) is 29.0 Å². The van der Waals surface area contributed by atoms with Crippen LogP contribution in [0, 0.1) is 29.1 Å². The average Bonchev–Trinajstić information content (AvgIpc) is 2.70. The summed E-state index contributed by atoms with van der Waals surface area (Å²) >= 11 is 0. The van der Waals surface area contributed by atoms with Gasteiger partial charge in [-0.25, -0.2) is 4.79 Å². The number of hydrogen-bond acceptors (Lipinski definition) is 4. The topological polar surface area (TPSA) is 84.5 Å². The number of benzene rings is 1. The molecular formula is C24H32N2O4. The van der Waals surface area contributed by atoms with Crippen LogP contribution >= 0.6 is 0 Å². The molecule has 4 aliphatic carbocycles. The van der Waals surface area contributed by atoms with Crippen LogP contribution in [0.4, 0.5) is 5.69 Å². The molecule has 0 saturated heterocycles. The first-order chi connectivity index (χ1) is 14.3. The Kier molecular flexibility index (Phi) is 5.60. The molecule has 4 fully saturated rings. The molecule has 2 N–H and O–H groups in total. The Morgan fingerprint density at radius 3 is 1.97 bits per heavy atom. The lowest BCUT2D eigenvalue weighted by Gasteiger charge is -2.55. The molecule has 30 heavy (non-hydrogen) atoms. The number of hydrogen-bond donors (Lipinski definition) is 2. The first-order valence-electron chi connectivity index (χ1n) is 11.1. The number of carbonyl (C=O) groups excluding carboxylic acids is 3. The van der Waals surface area contributed by atoms with E-state index in [0.717, 1.165) is 19.3 Å². The van der Waals surface area contributed by atoms with Crippen molar-refractivity contribution in [3.05, 3.63) is 29.8 Å². The minimum Gasteiger partial charge on any atom is -0.465 e. The summed E-state index contributed by atoms with van der Waals surface area (Å²) in [5, 5.41) is 5.99. The highest BCUT2D eigenvalue weighted by molar-refractivity contribution is 5.98. The smallest absolute Gasteiger partial charge is 0.337 e. The van der Waals surface area contributed by atoms with Gasteiger partial charge < -0.3 is 15.4 Å². The van der Waals surface area contributed by atoms with Crippen molar-refractivity contribution in [2.24, 2.45) is 29.1 Å². The Morgan fingerprint density at radius 2 is 1.50 bits per heavy atom. The van der Waals surface area contributed by atoms with Crippen molar-refractivity contribution in [1.29, 1.82) is 0 Å². The lowest BCUT2D eigenvalue weighted by Crippen LogP contribution is -2.57. The van der Waals surface area contributed by atoms with Gasteiger partial charge in [-0.2, -0.15) is 0 Å². The molecule has 0 radical (unpaired) electrons. The van der Waals surface area contributed by atoms with Crippen LogP contribution in [0.15, 0.2) is 24.3 Å². The van der Waals surface area contributed by atoms with E-state index in [9.17, 15) is 14.4 Å². The quantitative estimate of drug-likeness (QED) is 0.697. The lowest BCUT2D eigenvalue weighted by atomic mass is 9.49. The fourth-order valence-electron chi connectivity index (χ4n) is 6.25. The summed E-state index contributed by atoms with van der Waals surface area (Å²) in [7, 11) is 1.33. The summed E-state index contributed by atoms with van der Waals surface area (Å²) in [6, 6.07) is 5.97. The van der Waals surface area contributed by atoms with Gasteiger partial charge in [-0.05, 0) is 86.5 Å². The molecule has 0 unspecified atom stereocenters. The van der Waals surface area contributed by atoms with Crippen LogP contribution in [0.25, 0.3) is 0 Å². The number of rotatable bonds is 6. The van der Waals surface area contributed by atoms with Gasteiger partial charge in [0.1, 0.15) is 6.04 Å². The second-order valence-electron chi connectivity index (χ2n) is 9.95. The molecule has 1 aromatic rings. The van der Waals surface area contributed by atoms with Gasteiger partial charge >= 0.3 is 5.97 Å². The highest BCUT2D eigenvalue weighted by atomic mass is 16.5. The normalized spacial score (nSPS) is 30.1. The van der Waals surface area contributed by atoms with E-state index in [-0.39, 0.29) is 23.1 Å². The lowest BCUT2D eigenvalue weighted by molar-refractivity contribution is -0.148. The molecule has 0 aliphatic heterocycles. The summed E-state index contributed by atoms with van der Waals surface area (Å²) in [5.41, 5.74) is 0.734. The fraction of sp³-hybridized carbons (Fsp3) is 0.625. The van der Waals surface area contributed by atoms with Crippen molar-refractivity contribution in [1.82, 2.24) is 5.32 Å². The van der Waals surface area contributed by atoms with Crippen LogP contribution in [-0.2, 0) is 14.3 Å². The highest BCUT2D eigenvalue weighted by Crippen LogP contribution is 2.60. The monoisotopic (exact) mass is 412 g/mol. The predicted octanol–water partition coefficient (Wildman–Crippen LogP) is 3.77. The molecule has 0 spiro atoms. The molecule has 4 bridgehead atoms. The number of anilines is 1. The maximum atomic E-state index is 13.4. The highest BCUT2D eigenvalue weighted by Gasteiger charge is 2.55. The molecule has 0 heterocycles. The van der Waals surface area contributed by atoms with E-state index in [1.54, 1.807) is 24.3 Å². The molecule has 0 aromatic heterocycles. The van der Waals surface area contributed by atoms with Crippen LogP contribution in [-0.4, -0.2) is 30.9 Å². The maximum Gasteiger partial charge on any atom is 0.337 e. The Bertz CT molecular complexity index is 795. The van der Waals surface area contributed by atoms with Crippen LogP contribution in [0.5, 0.6) is 0 Å². The first-order valence-corrected chi connectivity index (χ1v) is 11.1. The molecule has 162 valence electrons. The van der Waals surface area contributed by atoms with Crippen molar-refractivity contribution in [2.45, 2.75) is 58.4 Å². The van der Waals surface area contributed by atoms with Gasteiger partial charge in [-0.3, -0.25) is 9.59 Å². The summed E-state index contributed by atoms with van der Waals surface area (Å²) in [6.07, 6.45) is 6.78. The number of methoxy groups -OCH3 is 1. The zero-order valence-corrected chi connectivity index (χ0v) is 18.1. The number of ether oxygens (including phenoxy) is 1. The number of esters is 1. The number of amides is 2. The standard InChI is InChI=1S/C24H32N2O4/c1-14(2)20(21(27)25-19-6-4-18(5-7-19)22(28)30-3)26-23(29)24-11-15-8-16(12-24)10-17(9-15)13-24/h4-7,14-17,20H,8-13H2,1-3H3,(H,25,27)(H,26,29)/t15?,16?,17?,20-,24?/m0/s1. The third-order valence-corrected chi connectivity index (χ3v) is 7.33. The second kappa shape index (κ2) is 8.05. The summed E-state index contributed by atoms with van der Waals surface area (Å²) in [6.45, 7) is 3.90. The van der Waals surface area contributed by atoms with Crippen molar-refractivity contribution < 1.29 is 19.1 Å². The van der Waals surface area contributed by atoms with Crippen molar-refractivity contribution in [3.63, 3.8) is 0 Å². The van der Waals surface area contributed by atoms with E-state index >= 15 is 0 Å². The molecule has 4 saturated carbocycles. The molecule has 1 atom stereocenters. The van der Waals surface area contributed by atoms with Gasteiger partial charge in [0.25, 0.3) is 0 Å². The van der Waals surface area contributed by atoms with E-state index in [4.69, 9.17) is 4.74 Å². The average molecular weight is 413 g/mol. The molecule has 6 nitrogen and oxygen atoms in total. The molecule has 5 rings (SSSR count). The van der Waals surface area contributed by atoms with Crippen LogP contribution in [0.3, 0.4) is 0 Å². The number of carbonyl (C=O) groups is 3. The Labute approximate surface area is 178 Å². The van der Waals surface area contributed by atoms with Gasteiger partial charge in [0.05, 0.1) is 12.7 Å². The SMILES string of the molecule is COC(=O)c1ccc(NC(=O)[C@@H](NC(=O)C23CC4CC(CC(C4)C2)C3)C(C)C)cc1.